The SMILES string of the molecule is O=C(COC(=O)C1CCC1)NNC(=O)c1ccccc1Br. The first-order chi connectivity index (χ1) is 10.1. The van der Waals surface area contributed by atoms with Gasteiger partial charge in [-0.3, -0.25) is 25.2 Å². The maximum Gasteiger partial charge on any atom is 0.309 e. The maximum absolute atomic E-state index is 11.8. The molecule has 2 amide bonds. The highest BCUT2D eigenvalue weighted by molar-refractivity contribution is 9.10. The zero-order chi connectivity index (χ0) is 15.2. The molecule has 6 nitrogen and oxygen atoms in total. The summed E-state index contributed by atoms with van der Waals surface area (Å²) < 4.78 is 5.48. The Balaban J connectivity index is 1.72. The third-order valence-electron chi connectivity index (χ3n) is 3.22. The number of hydrazine groups is 1. The number of nitrogens with one attached hydrogen (secondary N) is 2. The van der Waals surface area contributed by atoms with Crippen molar-refractivity contribution in [3.8, 4) is 0 Å². The van der Waals surface area contributed by atoms with Crippen molar-refractivity contribution in [2.45, 2.75) is 19.3 Å². The van der Waals surface area contributed by atoms with Crippen LogP contribution in [0.15, 0.2) is 28.7 Å². The summed E-state index contributed by atoms with van der Waals surface area (Å²) in [6.07, 6.45) is 2.66. The second-order valence-electron chi connectivity index (χ2n) is 4.72. The molecule has 1 fully saturated rings. The molecule has 1 aliphatic rings. The molecule has 2 rings (SSSR count). The topological polar surface area (TPSA) is 84.5 Å². The van der Waals surface area contributed by atoms with Gasteiger partial charge in [-0.05, 0) is 40.9 Å². The molecule has 0 aliphatic heterocycles. The molecule has 2 N–H and O–H groups in total. The standard InChI is InChI=1S/C14H15BrN2O4/c15-11-7-2-1-6-10(11)13(19)17-16-12(18)8-21-14(20)9-4-3-5-9/h1-2,6-7,9H,3-5,8H2,(H,16,18)(H,17,19). The van der Waals surface area contributed by atoms with E-state index in [0.717, 1.165) is 19.3 Å². The van der Waals surface area contributed by atoms with E-state index in [1.54, 1.807) is 24.3 Å². The number of hydrogen-bond acceptors (Lipinski definition) is 4. The van der Waals surface area contributed by atoms with Crippen molar-refractivity contribution in [1.82, 2.24) is 10.9 Å². The smallest absolute Gasteiger partial charge is 0.309 e. The molecule has 1 aromatic carbocycles. The zero-order valence-corrected chi connectivity index (χ0v) is 12.8. The molecule has 0 saturated heterocycles. The van der Waals surface area contributed by atoms with Crippen LogP contribution < -0.4 is 10.9 Å². The van der Waals surface area contributed by atoms with Gasteiger partial charge >= 0.3 is 5.97 Å². The second kappa shape index (κ2) is 7.21. The molecular formula is C14H15BrN2O4. The van der Waals surface area contributed by atoms with Gasteiger partial charge in [0, 0.05) is 4.47 Å². The molecule has 1 saturated carbocycles. The molecule has 0 aromatic heterocycles. The third-order valence-corrected chi connectivity index (χ3v) is 3.91. The van der Waals surface area contributed by atoms with E-state index >= 15 is 0 Å². The molecule has 0 unspecified atom stereocenters. The fourth-order valence-electron chi connectivity index (χ4n) is 1.77. The van der Waals surface area contributed by atoms with E-state index in [-0.39, 0.29) is 11.9 Å². The van der Waals surface area contributed by atoms with Gasteiger partial charge in [-0.15, -0.1) is 0 Å². The van der Waals surface area contributed by atoms with E-state index in [1.165, 1.54) is 0 Å². The Morgan fingerprint density at radius 2 is 1.90 bits per heavy atom. The number of ether oxygens (including phenoxy) is 1. The van der Waals surface area contributed by atoms with Crippen molar-refractivity contribution in [1.29, 1.82) is 0 Å². The lowest BCUT2D eigenvalue weighted by atomic mass is 9.86. The highest BCUT2D eigenvalue weighted by atomic mass is 79.9. The Morgan fingerprint density at radius 1 is 1.19 bits per heavy atom. The minimum Gasteiger partial charge on any atom is -0.455 e. The lowest BCUT2D eigenvalue weighted by molar-refractivity contribution is -0.155. The molecule has 0 atom stereocenters. The first-order valence-electron chi connectivity index (χ1n) is 6.58. The van der Waals surface area contributed by atoms with Gasteiger partial charge in [0.2, 0.25) is 0 Å². The average Bonchev–Trinajstić information content (AvgIpc) is 2.41. The number of carbonyl (C=O) groups excluding carboxylic acids is 3. The summed E-state index contributed by atoms with van der Waals surface area (Å²) in [6.45, 7) is -0.397. The molecule has 112 valence electrons. The van der Waals surface area contributed by atoms with Crippen LogP contribution in [0.1, 0.15) is 29.6 Å². The normalized spacial score (nSPS) is 14.0. The second-order valence-corrected chi connectivity index (χ2v) is 5.57. The summed E-state index contributed by atoms with van der Waals surface area (Å²) in [6, 6.07) is 6.82. The number of benzene rings is 1. The van der Waals surface area contributed by atoms with Crippen molar-refractivity contribution < 1.29 is 19.1 Å². The lowest BCUT2D eigenvalue weighted by Gasteiger charge is -2.22. The van der Waals surface area contributed by atoms with E-state index < -0.39 is 18.4 Å². The van der Waals surface area contributed by atoms with E-state index in [2.05, 4.69) is 26.8 Å². The third kappa shape index (κ3) is 4.29. The summed E-state index contributed by atoms with van der Waals surface area (Å²) in [5.74, 6) is -1.47. The van der Waals surface area contributed by atoms with E-state index in [1.807, 2.05) is 0 Å². The van der Waals surface area contributed by atoms with Crippen molar-refractivity contribution in [2.75, 3.05) is 6.61 Å². The lowest BCUT2D eigenvalue weighted by Crippen LogP contribution is -2.44. The molecular weight excluding hydrogens is 340 g/mol. The highest BCUT2D eigenvalue weighted by Crippen LogP contribution is 2.27. The Labute approximate surface area is 130 Å². The van der Waals surface area contributed by atoms with E-state index in [9.17, 15) is 14.4 Å². The van der Waals surface area contributed by atoms with E-state index in [4.69, 9.17) is 4.74 Å². The van der Waals surface area contributed by atoms with Gasteiger partial charge in [0.05, 0.1) is 11.5 Å². The monoisotopic (exact) mass is 354 g/mol. The van der Waals surface area contributed by atoms with Gasteiger partial charge < -0.3 is 4.74 Å². The van der Waals surface area contributed by atoms with Crippen LogP contribution in [0.2, 0.25) is 0 Å². The van der Waals surface area contributed by atoms with Gasteiger partial charge in [0.15, 0.2) is 6.61 Å². The predicted molar refractivity (Wildman–Crippen MR) is 78.1 cm³/mol. The van der Waals surface area contributed by atoms with E-state index in [0.29, 0.717) is 10.0 Å². The zero-order valence-electron chi connectivity index (χ0n) is 11.2. The van der Waals surface area contributed by atoms with Gasteiger partial charge in [-0.2, -0.15) is 0 Å². The molecule has 0 bridgehead atoms. The highest BCUT2D eigenvalue weighted by Gasteiger charge is 2.27. The van der Waals surface area contributed by atoms with Crippen LogP contribution in [-0.2, 0) is 14.3 Å². The molecule has 21 heavy (non-hydrogen) atoms. The summed E-state index contributed by atoms with van der Waals surface area (Å²) in [4.78, 5) is 34.7. The molecule has 1 aliphatic carbocycles. The van der Waals surface area contributed by atoms with Crippen LogP contribution >= 0.6 is 15.9 Å². The van der Waals surface area contributed by atoms with Crippen molar-refractivity contribution in [3.63, 3.8) is 0 Å². The Kier molecular flexibility index (Phi) is 5.32. The number of esters is 1. The van der Waals surface area contributed by atoms with Crippen molar-refractivity contribution in [3.05, 3.63) is 34.3 Å². The summed E-state index contributed by atoms with van der Waals surface area (Å²) in [5.41, 5.74) is 4.86. The number of carbonyl (C=O) groups is 3. The van der Waals surface area contributed by atoms with Crippen molar-refractivity contribution >= 4 is 33.7 Å². The van der Waals surface area contributed by atoms with Crippen LogP contribution in [0.3, 0.4) is 0 Å². The first kappa shape index (κ1) is 15.5. The minimum absolute atomic E-state index is 0.0762. The fourth-order valence-corrected chi connectivity index (χ4v) is 2.24. The van der Waals surface area contributed by atoms with Gasteiger partial charge in [0.1, 0.15) is 0 Å². The Hall–Kier alpha value is -1.89. The van der Waals surface area contributed by atoms with Gasteiger partial charge in [-0.1, -0.05) is 18.6 Å². The number of rotatable bonds is 4. The first-order valence-corrected chi connectivity index (χ1v) is 7.37. The van der Waals surface area contributed by atoms with Crippen LogP contribution in [0, 0.1) is 5.92 Å². The van der Waals surface area contributed by atoms with Gasteiger partial charge in [-0.25, -0.2) is 0 Å². The minimum atomic E-state index is -0.580. The number of halogens is 1. The number of amides is 2. The number of hydrogen-bond donors (Lipinski definition) is 2. The Morgan fingerprint density at radius 3 is 2.52 bits per heavy atom. The summed E-state index contributed by atoms with van der Waals surface area (Å²) >= 11 is 3.24. The average molecular weight is 355 g/mol. The molecule has 0 heterocycles. The predicted octanol–water partition coefficient (Wildman–Crippen LogP) is 1.55. The quantitative estimate of drug-likeness (QED) is 0.634. The van der Waals surface area contributed by atoms with Crippen LogP contribution in [0.4, 0.5) is 0 Å². The van der Waals surface area contributed by atoms with Crippen LogP contribution in [-0.4, -0.2) is 24.4 Å². The van der Waals surface area contributed by atoms with Gasteiger partial charge in [0.25, 0.3) is 11.8 Å². The largest absolute Gasteiger partial charge is 0.455 e. The Bertz CT molecular complexity index is 558. The fraction of sp³-hybridized carbons (Fsp3) is 0.357. The van der Waals surface area contributed by atoms with Crippen molar-refractivity contribution in [2.24, 2.45) is 5.92 Å². The van der Waals surface area contributed by atoms with Crippen LogP contribution in [0.25, 0.3) is 0 Å². The summed E-state index contributed by atoms with van der Waals surface area (Å²) in [5, 5.41) is 0. The molecule has 1 aromatic rings. The maximum atomic E-state index is 11.8. The van der Waals surface area contributed by atoms with Crippen LogP contribution in [0.5, 0.6) is 0 Å². The molecule has 0 radical (unpaired) electrons. The summed E-state index contributed by atoms with van der Waals surface area (Å²) in [7, 11) is 0. The molecule has 7 heteroatoms. The molecule has 0 spiro atoms.